The number of nitrogens with zero attached hydrogens (tertiary/aromatic N) is 1. The van der Waals surface area contributed by atoms with Gasteiger partial charge in [-0.05, 0) is 68.6 Å². The summed E-state index contributed by atoms with van der Waals surface area (Å²) >= 11 is 1.29. The van der Waals surface area contributed by atoms with E-state index in [0.29, 0.717) is 24.3 Å². The van der Waals surface area contributed by atoms with Crippen LogP contribution in [0.1, 0.15) is 77.2 Å². The number of guanidine groups is 1. The summed E-state index contributed by atoms with van der Waals surface area (Å²) in [5.74, 6) is -15.2. The summed E-state index contributed by atoms with van der Waals surface area (Å²) in [7, 11) is 0. The van der Waals surface area contributed by atoms with Gasteiger partial charge in [0.05, 0.1) is 45.4 Å². The summed E-state index contributed by atoms with van der Waals surface area (Å²) < 4.78 is 0. The highest BCUT2D eigenvalue weighted by molar-refractivity contribution is 7.98. The molecule has 0 aliphatic carbocycles. The van der Waals surface area contributed by atoms with E-state index in [2.05, 4.69) is 68.8 Å². The Balaban J connectivity index is 2.29. The number of nitrogens with two attached hydrogens (primary N) is 4. The number of aliphatic hydroxyl groups is 3. The van der Waals surface area contributed by atoms with Gasteiger partial charge in [0.25, 0.3) is 0 Å². The molecule has 0 unspecified atom stereocenters. The lowest BCUT2D eigenvalue weighted by Crippen LogP contribution is -2.60. The van der Waals surface area contributed by atoms with Crippen LogP contribution in [-0.2, 0) is 73.5 Å². The quantitative estimate of drug-likeness (QED) is 0.0164. The Morgan fingerprint density at radius 3 is 1.61 bits per heavy atom. The highest BCUT2D eigenvalue weighted by atomic mass is 32.2. The minimum atomic E-state index is -1.87. The number of hydrogen-bond acceptors (Lipinski definition) is 20. The number of rotatable bonds is 42. The van der Waals surface area contributed by atoms with Crippen molar-refractivity contribution in [1.82, 2.24) is 63.8 Å². The third kappa shape index (κ3) is 28.8. The summed E-state index contributed by atoms with van der Waals surface area (Å²) in [4.78, 5) is 187. The lowest BCUT2D eigenvalue weighted by molar-refractivity contribution is -0.142. The van der Waals surface area contributed by atoms with Crippen LogP contribution < -0.4 is 86.7 Å². The number of benzene rings is 1. The van der Waals surface area contributed by atoms with Crippen LogP contribution in [0, 0.1) is 5.92 Å². The molecule has 1 heterocycles. The van der Waals surface area contributed by atoms with E-state index in [4.69, 9.17) is 22.9 Å². The second kappa shape index (κ2) is 40.7. The predicted octanol–water partition coefficient (Wildman–Crippen LogP) is -9.37. The number of nitrogens with one attached hydrogen (secondary N) is 12. The number of primary amides is 2. The lowest BCUT2D eigenvalue weighted by atomic mass is 9.96. The van der Waals surface area contributed by atoms with Crippen molar-refractivity contribution < 1.29 is 87.5 Å². The van der Waals surface area contributed by atoms with Gasteiger partial charge in [0.1, 0.15) is 54.4 Å². The molecule has 24 N–H and O–H groups in total. The summed E-state index contributed by atoms with van der Waals surface area (Å²) in [5, 5.41) is 67.9. The number of carboxylic acids is 1. The minimum absolute atomic E-state index is 0.0117. The number of carboxylic acid groups (broad SMARTS) is 1. The topological polar surface area (TPSA) is 581 Å². The van der Waals surface area contributed by atoms with E-state index in [1.807, 2.05) is 0 Å². The number of carbonyl (C=O) groups is 14. The van der Waals surface area contributed by atoms with E-state index in [0.717, 1.165) is 6.42 Å². The molecule has 36 heteroatoms. The summed E-state index contributed by atoms with van der Waals surface area (Å²) in [6.07, 6.45) is 0.929. The van der Waals surface area contributed by atoms with Crippen molar-refractivity contribution in [1.29, 1.82) is 0 Å². The molecule has 1 saturated heterocycles. The molecule has 1 aliphatic rings. The summed E-state index contributed by atoms with van der Waals surface area (Å²) in [6, 6.07) is -6.52. The SMILES string of the molecule is CC[C@H](C)[C@H](NC(=O)[C@H](Cc1ccccc1)NC(=O)CNC(=O)[C@H](CO)NC(=O)[C@@H]1CCCN1)C(=O)N[C@@H](CCCN=C(N)N)C(=O)N[C@@H](CC(N)=O)C(=O)NCC(=O)N[C@@H](CO)C(=O)N[C@@H](CCC(N)=O)C(=O)N[C@@H](CO)C(=O)N[C@@H](CCSC)C(=O)O. The average Bonchev–Trinajstić information content (AvgIpc) is 2.78. The first kappa shape index (κ1) is 76.4. The second-order valence-electron chi connectivity index (χ2n) is 20.5. The second-order valence-corrected chi connectivity index (χ2v) is 21.5. The van der Waals surface area contributed by atoms with Crippen LogP contribution in [0.3, 0.4) is 0 Å². The van der Waals surface area contributed by atoms with Crippen LogP contribution in [-0.4, -0.2) is 228 Å². The minimum Gasteiger partial charge on any atom is -0.480 e. The van der Waals surface area contributed by atoms with Gasteiger partial charge in [-0.2, -0.15) is 11.8 Å². The fourth-order valence-corrected chi connectivity index (χ4v) is 8.90. The number of aliphatic carboxylic acids is 1. The number of thioether (sulfide) groups is 1. The van der Waals surface area contributed by atoms with Crippen molar-refractivity contribution in [3.63, 3.8) is 0 Å². The first-order valence-electron chi connectivity index (χ1n) is 28.4. The van der Waals surface area contributed by atoms with Crippen LogP contribution in [0.25, 0.3) is 0 Å². The van der Waals surface area contributed by atoms with Gasteiger partial charge >= 0.3 is 5.97 Å². The average molecular weight is 1280 g/mol. The Labute approximate surface area is 516 Å². The maximum Gasteiger partial charge on any atom is 0.326 e. The molecule has 1 aliphatic heterocycles. The van der Waals surface area contributed by atoms with E-state index in [9.17, 15) is 87.5 Å². The molecule has 1 aromatic rings. The van der Waals surface area contributed by atoms with Crippen LogP contribution >= 0.6 is 11.8 Å². The third-order valence-electron chi connectivity index (χ3n) is 13.6. The van der Waals surface area contributed by atoms with Crippen LogP contribution in [0.15, 0.2) is 35.3 Å². The zero-order chi connectivity index (χ0) is 66.8. The Morgan fingerprint density at radius 1 is 0.596 bits per heavy atom. The summed E-state index contributed by atoms with van der Waals surface area (Å²) in [5.41, 5.74) is 22.2. The molecule has 0 spiro atoms. The van der Waals surface area contributed by atoms with Crippen molar-refractivity contribution in [2.75, 3.05) is 58.0 Å². The molecule has 496 valence electrons. The van der Waals surface area contributed by atoms with E-state index in [1.165, 1.54) is 11.8 Å². The van der Waals surface area contributed by atoms with Crippen LogP contribution in [0.5, 0.6) is 0 Å². The van der Waals surface area contributed by atoms with Gasteiger partial charge in [-0.25, -0.2) is 4.79 Å². The molecule has 0 radical (unpaired) electrons. The van der Waals surface area contributed by atoms with Crippen LogP contribution in [0.2, 0.25) is 0 Å². The van der Waals surface area contributed by atoms with Gasteiger partial charge in [-0.15, -0.1) is 0 Å². The fraction of sp³-hybridized carbons (Fsp3) is 0.604. The standard InChI is InChI=1S/C53H85N17O18S/c1-4-27(2)42(70-48(83)33(20-28-10-6-5-7-11-28)62-40(76)22-61-44(79)35(24-71)68-45(80)29-12-8-17-58-29)51(86)65-30(13-9-18-59-53(56)57)46(81)67-34(21-39(55)75)43(78)60-23-41(77)63-36(25-72)49(84)64-31(14-15-38(54)74)47(82)69-37(26-73)50(85)66-32(52(87)88)16-19-89-3/h5-7,10-11,27,29-37,42,58,71-73H,4,8-9,12-26H2,1-3H3,(H2,54,74)(H2,55,75)(H,60,78)(H,61,79)(H,62,76)(H,63,77)(H,64,84)(H,65,86)(H,66,85)(H,67,81)(H,68,80)(H,69,82)(H,70,83)(H,87,88)(H4,56,57,59)/t27-,29-,30-,31-,32-,33-,34-,35-,36-,37-,42-/m0/s1. The monoisotopic (exact) mass is 1280 g/mol. The number of aliphatic imine (C=N–C) groups is 1. The summed E-state index contributed by atoms with van der Waals surface area (Å²) in [6.45, 7) is -0.842. The van der Waals surface area contributed by atoms with Crippen molar-refractivity contribution in [3.05, 3.63) is 35.9 Å². The Hall–Kier alpha value is -8.74. The number of aliphatic hydroxyl groups excluding tert-OH is 3. The maximum absolute atomic E-state index is 14.3. The maximum atomic E-state index is 14.3. The highest BCUT2D eigenvalue weighted by Crippen LogP contribution is 2.13. The van der Waals surface area contributed by atoms with Crippen molar-refractivity contribution in [3.8, 4) is 0 Å². The van der Waals surface area contributed by atoms with Gasteiger partial charge in [0.15, 0.2) is 5.96 Å². The van der Waals surface area contributed by atoms with E-state index in [-0.39, 0.29) is 44.6 Å². The number of hydrogen-bond donors (Lipinski definition) is 20. The van der Waals surface area contributed by atoms with E-state index >= 15 is 0 Å². The molecule has 0 aromatic heterocycles. The smallest absolute Gasteiger partial charge is 0.326 e. The lowest BCUT2D eigenvalue weighted by Gasteiger charge is -2.29. The molecule has 0 bridgehead atoms. The zero-order valence-electron chi connectivity index (χ0n) is 49.6. The molecule has 35 nitrogen and oxygen atoms in total. The molecular weight excluding hydrogens is 1190 g/mol. The molecule has 89 heavy (non-hydrogen) atoms. The highest BCUT2D eigenvalue weighted by Gasteiger charge is 2.36. The van der Waals surface area contributed by atoms with Gasteiger partial charge in [-0.1, -0.05) is 50.6 Å². The molecule has 1 fully saturated rings. The van der Waals surface area contributed by atoms with Gasteiger partial charge < -0.3 is 107 Å². The Morgan fingerprint density at radius 2 is 1.09 bits per heavy atom. The molecule has 13 amide bonds. The van der Waals surface area contributed by atoms with Gasteiger partial charge in [-0.3, -0.25) is 67.3 Å². The first-order chi connectivity index (χ1) is 42.2. The van der Waals surface area contributed by atoms with Gasteiger partial charge in [0, 0.05) is 19.4 Å². The molecule has 2 rings (SSSR count). The van der Waals surface area contributed by atoms with E-state index < -0.39 is 201 Å². The molecular formula is C53H85N17O18S. The number of carbonyl (C=O) groups excluding carboxylic acids is 13. The van der Waals surface area contributed by atoms with E-state index in [1.54, 1.807) is 50.4 Å². The van der Waals surface area contributed by atoms with Crippen molar-refractivity contribution in [2.24, 2.45) is 33.8 Å². The molecule has 11 atom stereocenters. The third-order valence-corrected chi connectivity index (χ3v) is 14.2. The van der Waals surface area contributed by atoms with Gasteiger partial charge in [0.2, 0.25) is 76.8 Å². The van der Waals surface area contributed by atoms with Crippen molar-refractivity contribution >= 4 is 100 Å². The zero-order valence-corrected chi connectivity index (χ0v) is 50.5. The normalized spacial score (nSPS) is 15.9. The molecule has 1 aromatic carbocycles. The number of amides is 13. The van der Waals surface area contributed by atoms with Crippen molar-refractivity contribution in [2.45, 2.75) is 138 Å². The Kier molecular flexibility index (Phi) is 34.9. The largest absolute Gasteiger partial charge is 0.480 e. The molecule has 0 saturated carbocycles. The van der Waals surface area contributed by atoms with Crippen LogP contribution in [0.4, 0.5) is 0 Å². The Bertz CT molecular complexity index is 2630. The fourth-order valence-electron chi connectivity index (χ4n) is 8.43. The first-order valence-corrected chi connectivity index (χ1v) is 29.8. The predicted molar refractivity (Wildman–Crippen MR) is 318 cm³/mol.